The molecule has 0 aromatic rings. The maximum Gasteiger partial charge on any atom is 0.0249 e. The van der Waals surface area contributed by atoms with E-state index in [4.69, 9.17) is 0 Å². The van der Waals surface area contributed by atoms with Crippen molar-refractivity contribution in [2.75, 3.05) is 19.6 Å². The lowest BCUT2D eigenvalue weighted by Crippen LogP contribution is -2.61. The van der Waals surface area contributed by atoms with E-state index in [2.05, 4.69) is 37.5 Å². The van der Waals surface area contributed by atoms with E-state index < -0.39 is 0 Å². The predicted molar refractivity (Wildman–Crippen MR) is 85.9 cm³/mol. The number of hydrogen-bond acceptors (Lipinski definition) is 2. The Bertz CT molecular complexity index is 327. The lowest BCUT2D eigenvalue weighted by molar-refractivity contribution is -0.0113. The highest BCUT2D eigenvalue weighted by molar-refractivity contribution is 4.99. The van der Waals surface area contributed by atoms with Gasteiger partial charge in [0.05, 0.1) is 0 Å². The van der Waals surface area contributed by atoms with Crippen molar-refractivity contribution < 1.29 is 0 Å². The summed E-state index contributed by atoms with van der Waals surface area (Å²) in [5, 5.41) is 0. The summed E-state index contributed by atoms with van der Waals surface area (Å²) >= 11 is 0. The summed E-state index contributed by atoms with van der Waals surface area (Å²) in [7, 11) is 0. The molecule has 2 aliphatic heterocycles. The average Bonchev–Trinajstić information content (AvgIpc) is 3.02. The third kappa shape index (κ3) is 2.54. The predicted octanol–water partition coefficient (Wildman–Crippen LogP) is 3.62. The van der Waals surface area contributed by atoms with Crippen molar-refractivity contribution in [1.82, 2.24) is 9.80 Å². The van der Waals surface area contributed by atoms with Crippen LogP contribution in [0.15, 0.2) is 0 Å². The molecule has 2 heterocycles. The molecule has 5 unspecified atom stereocenters. The lowest BCUT2D eigenvalue weighted by atomic mass is 9.89. The minimum atomic E-state index is 0.796. The smallest absolute Gasteiger partial charge is 0.0249 e. The average molecular weight is 278 g/mol. The van der Waals surface area contributed by atoms with Crippen molar-refractivity contribution in [3.05, 3.63) is 0 Å². The summed E-state index contributed by atoms with van der Waals surface area (Å²) in [6.07, 6.45) is 7.18. The van der Waals surface area contributed by atoms with Crippen molar-refractivity contribution in [2.45, 2.75) is 77.9 Å². The van der Waals surface area contributed by atoms with Crippen molar-refractivity contribution in [3.63, 3.8) is 0 Å². The molecule has 0 spiro atoms. The molecule has 3 fully saturated rings. The second-order valence-electron chi connectivity index (χ2n) is 7.97. The zero-order chi connectivity index (χ0) is 14.3. The number of fused-ring (bicyclic) bond motifs is 1. The Hall–Kier alpha value is -0.0800. The highest BCUT2D eigenvalue weighted by Crippen LogP contribution is 2.40. The van der Waals surface area contributed by atoms with Gasteiger partial charge < -0.3 is 0 Å². The van der Waals surface area contributed by atoms with Gasteiger partial charge in [-0.2, -0.15) is 0 Å². The normalized spacial score (nSPS) is 43.4. The number of nitrogens with zero attached hydrogens (tertiary/aromatic N) is 2. The highest BCUT2D eigenvalue weighted by atomic mass is 15.3. The Kier molecular flexibility index (Phi) is 4.42. The van der Waals surface area contributed by atoms with Crippen molar-refractivity contribution >= 4 is 0 Å². The topological polar surface area (TPSA) is 6.48 Å². The molecule has 5 atom stereocenters. The molecule has 3 rings (SSSR count). The van der Waals surface area contributed by atoms with Crippen molar-refractivity contribution in [1.29, 1.82) is 0 Å². The Labute approximate surface area is 125 Å². The van der Waals surface area contributed by atoms with Gasteiger partial charge in [-0.05, 0) is 50.0 Å². The van der Waals surface area contributed by atoms with E-state index in [9.17, 15) is 0 Å². The molecule has 0 N–H and O–H groups in total. The first-order valence-corrected chi connectivity index (χ1v) is 9.11. The lowest BCUT2D eigenvalue weighted by Gasteiger charge is -2.49. The van der Waals surface area contributed by atoms with Crippen LogP contribution in [0.3, 0.4) is 0 Å². The molecular formula is C18H34N2. The third-order valence-corrected chi connectivity index (χ3v) is 6.67. The molecule has 2 nitrogen and oxygen atoms in total. The summed E-state index contributed by atoms with van der Waals surface area (Å²) in [5.41, 5.74) is 0. The Morgan fingerprint density at radius 1 is 1.10 bits per heavy atom. The Balaban J connectivity index is 1.75. The second kappa shape index (κ2) is 5.96. The number of hydrogen-bond donors (Lipinski definition) is 0. The van der Waals surface area contributed by atoms with Gasteiger partial charge in [0.1, 0.15) is 0 Å². The maximum absolute atomic E-state index is 2.96. The van der Waals surface area contributed by atoms with Crippen molar-refractivity contribution in [2.24, 2.45) is 17.8 Å². The standard InChI is InChI=1S/C18H34N2/c1-5-15-8-9-17(14(15)4)20-11-16-7-6-10-19(16)12-18(20)13(2)3/h13-18H,5-12H2,1-4H3. The molecule has 0 bridgehead atoms. The highest BCUT2D eigenvalue weighted by Gasteiger charge is 2.44. The molecule has 2 heteroatoms. The summed E-state index contributed by atoms with van der Waals surface area (Å²) in [5.74, 6) is 2.69. The fourth-order valence-corrected chi connectivity index (χ4v) is 5.31. The van der Waals surface area contributed by atoms with Gasteiger partial charge in [0.15, 0.2) is 0 Å². The van der Waals surface area contributed by atoms with Crippen LogP contribution in [-0.4, -0.2) is 47.6 Å². The molecule has 0 radical (unpaired) electrons. The summed E-state index contributed by atoms with van der Waals surface area (Å²) < 4.78 is 0. The van der Waals surface area contributed by atoms with Gasteiger partial charge in [0.2, 0.25) is 0 Å². The van der Waals surface area contributed by atoms with Crippen LogP contribution in [0.4, 0.5) is 0 Å². The minimum absolute atomic E-state index is 0.796. The molecule has 2 saturated heterocycles. The monoisotopic (exact) mass is 278 g/mol. The largest absolute Gasteiger partial charge is 0.298 e. The van der Waals surface area contributed by atoms with E-state index in [1.165, 1.54) is 51.7 Å². The fraction of sp³-hybridized carbons (Fsp3) is 1.00. The quantitative estimate of drug-likeness (QED) is 0.778. The van der Waals surface area contributed by atoms with Gasteiger partial charge >= 0.3 is 0 Å². The van der Waals surface area contributed by atoms with Crippen LogP contribution in [0, 0.1) is 17.8 Å². The fourth-order valence-electron chi connectivity index (χ4n) is 5.31. The minimum Gasteiger partial charge on any atom is -0.298 e. The molecule has 116 valence electrons. The van der Waals surface area contributed by atoms with E-state index in [0.29, 0.717) is 0 Å². The van der Waals surface area contributed by atoms with Gasteiger partial charge in [0.25, 0.3) is 0 Å². The van der Waals surface area contributed by atoms with Crippen LogP contribution >= 0.6 is 0 Å². The molecule has 0 aromatic carbocycles. The Morgan fingerprint density at radius 3 is 2.55 bits per heavy atom. The SMILES string of the molecule is CCC1CCC(N2CC3CCCN3CC2C(C)C)C1C. The van der Waals surface area contributed by atoms with E-state index in [-0.39, 0.29) is 0 Å². The van der Waals surface area contributed by atoms with Gasteiger partial charge in [-0.15, -0.1) is 0 Å². The van der Waals surface area contributed by atoms with Crippen LogP contribution in [0.25, 0.3) is 0 Å². The van der Waals surface area contributed by atoms with E-state index in [1.54, 1.807) is 0 Å². The molecule has 20 heavy (non-hydrogen) atoms. The zero-order valence-corrected chi connectivity index (χ0v) is 14.0. The van der Waals surface area contributed by atoms with Crippen LogP contribution in [0.5, 0.6) is 0 Å². The van der Waals surface area contributed by atoms with Crippen LogP contribution in [0.2, 0.25) is 0 Å². The van der Waals surface area contributed by atoms with Crippen LogP contribution in [0.1, 0.15) is 59.8 Å². The van der Waals surface area contributed by atoms with Crippen LogP contribution < -0.4 is 0 Å². The van der Waals surface area contributed by atoms with E-state index >= 15 is 0 Å². The summed E-state index contributed by atoms with van der Waals surface area (Å²) in [6, 6.07) is 2.54. The second-order valence-corrected chi connectivity index (χ2v) is 7.97. The summed E-state index contributed by atoms with van der Waals surface area (Å²) in [4.78, 5) is 5.75. The van der Waals surface area contributed by atoms with Crippen molar-refractivity contribution in [3.8, 4) is 0 Å². The van der Waals surface area contributed by atoms with Gasteiger partial charge in [-0.25, -0.2) is 0 Å². The molecule has 1 saturated carbocycles. The first-order valence-electron chi connectivity index (χ1n) is 9.11. The first-order chi connectivity index (χ1) is 9.61. The van der Waals surface area contributed by atoms with Crippen LogP contribution in [-0.2, 0) is 0 Å². The molecule has 0 aromatic heterocycles. The maximum atomic E-state index is 2.96. The van der Waals surface area contributed by atoms with E-state index in [0.717, 1.165) is 35.9 Å². The Morgan fingerprint density at radius 2 is 1.90 bits per heavy atom. The molecule has 0 amide bonds. The molecular weight excluding hydrogens is 244 g/mol. The van der Waals surface area contributed by atoms with E-state index in [1.807, 2.05) is 0 Å². The third-order valence-electron chi connectivity index (χ3n) is 6.67. The zero-order valence-electron chi connectivity index (χ0n) is 14.0. The molecule has 3 aliphatic rings. The molecule has 1 aliphatic carbocycles. The van der Waals surface area contributed by atoms with Gasteiger partial charge in [-0.3, -0.25) is 9.80 Å². The summed E-state index contributed by atoms with van der Waals surface area (Å²) in [6.45, 7) is 13.8. The van der Waals surface area contributed by atoms with Gasteiger partial charge in [-0.1, -0.05) is 34.1 Å². The van der Waals surface area contributed by atoms with Gasteiger partial charge in [0, 0.05) is 31.2 Å². The number of piperazine rings is 1. The first kappa shape index (κ1) is 14.8. The number of rotatable bonds is 3.